The maximum Gasteiger partial charge on any atom is 0.223 e. The maximum absolute atomic E-state index is 5.99. The molecule has 4 heterocycles. The number of nitrogens with zero attached hydrogens (tertiary/aromatic N) is 6. The minimum Gasteiger partial charge on any atom is -0.496 e. The molecule has 4 N–H and O–H groups in total. The van der Waals surface area contributed by atoms with Crippen LogP contribution >= 0.6 is 0 Å². The molecule has 36 heavy (non-hydrogen) atoms. The highest BCUT2D eigenvalue weighted by Gasteiger charge is 2.19. The van der Waals surface area contributed by atoms with Gasteiger partial charge in [0.1, 0.15) is 16.8 Å². The average molecular weight is 494 g/mol. The van der Waals surface area contributed by atoms with Crippen LogP contribution in [0.25, 0.3) is 11.0 Å². The van der Waals surface area contributed by atoms with E-state index in [-0.39, 0.29) is 5.95 Å². The lowest BCUT2D eigenvalue weighted by molar-refractivity contribution is 0.0776. The lowest BCUT2D eigenvalue weighted by atomic mass is 10.1. The van der Waals surface area contributed by atoms with Crippen LogP contribution in [-0.2, 0) is 24.4 Å². The van der Waals surface area contributed by atoms with Crippen molar-refractivity contribution >= 4 is 22.8 Å². The zero-order valence-corrected chi connectivity index (χ0v) is 20.7. The second kappa shape index (κ2) is 10.5. The summed E-state index contributed by atoms with van der Waals surface area (Å²) in [6.07, 6.45) is 2.08. The molecule has 3 aromatic heterocycles. The highest BCUT2D eigenvalue weighted by atomic mass is 16.5. The number of nitrogen functional groups attached to an aromatic ring is 1. The maximum atomic E-state index is 5.99. The monoisotopic (exact) mass is 493 g/mol. The summed E-state index contributed by atoms with van der Waals surface area (Å²) in [5.74, 6) is 2.54. The molecule has 1 aliphatic heterocycles. The van der Waals surface area contributed by atoms with E-state index in [9.17, 15) is 0 Å². The Kier molecular flexibility index (Phi) is 6.96. The number of fused-ring (bicyclic) bond motifs is 1. The number of nitrogens with one attached hydrogen (secondary N) is 2. The predicted molar refractivity (Wildman–Crippen MR) is 134 cm³/mol. The van der Waals surface area contributed by atoms with Gasteiger partial charge in [0.15, 0.2) is 11.6 Å². The third kappa shape index (κ3) is 5.24. The number of hydrogen-bond donors (Lipinski definition) is 3. The molecule has 4 aromatic rings. The van der Waals surface area contributed by atoms with Crippen molar-refractivity contribution in [2.45, 2.75) is 52.4 Å². The quantitative estimate of drug-likeness (QED) is 0.315. The van der Waals surface area contributed by atoms with Gasteiger partial charge in [-0.2, -0.15) is 15.1 Å². The number of methoxy groups -OCH3 is 1. The Hall–Kier alpha value is -3.77. The number of anilines is 2. The van der Waals surface area contributed by atoms with E-state index < -0.39 is 0 Å². The molecule has 0 saturated carbocycles. The highest BCUT2D eigenvalue weighted by molar-refractivity contribution is 5.88. The molecule has 0 amide bonds. The van der Waals surface area contributed by atoms with Gasteiger partial charge in [0.25, 0.3) is 0 Å². The Bertz CT molecular complexity index is 1340. The molecule has 0 radical (unpaired) electrons. The highest BCUT2D eigenvalue weighted by Crippen LogP contribution is 2.28. The number of hydrogen-bond acceptors (Lipinski definition) is 11. The van der Waals surface area contributed by atoms with Gasteiger partial charge in [0.05, 0.1) is 25.9 Å². The zero-order chi connectivity index (χ0) is 25.1. The van der Waals surface area contributed by atoms with Gasteiger partial charge in [-0.25, -0.2) is 4.98 Å². The molecular formula is C24H31N9O3. The average Bonchev–Trinajstić information content (AvgIpc) is 3.44. The van der Waals surface area contributed by atoms with Gasteiger partial charge in [-0.15, -0.1) is 0 Å². The Morgan fingerprint density at radius 2 is 1.97 bits per heavy atom. The van der Waals surface area contributed by atoms with Gasteiger partial charge in [0, 0.05) is 38.3 Å². The van der Waals surface area contributed by atoms with Gasteiger partial charge in [0.2, 0.25) is 11.8 Å². The van der Waals surface area contributed by atoms with Crippen molar-refractivity contribution in [3.63, 3.8) is 0 Å². The molecule has 0 atom stereocenters. The van der Waals surface area contributed by atoms with Crippen LogP contribution in [0.2, 0.25) is 0 Å². The first-order valence-corrected chi connectivity index (χ1v) is 12.0. The minimum absolute atomic E-state index is 0.163. The van der Waals surface area contributed by atoms with Crippen LogP contribution in [0.3, 0.4) is 0 Å². The second-order valence-corrected chi connectivity index (χ2v) is 8.87. The van der Waals surface area contributed by atoms with E-state index in [2.05, 4.69) is 48.9 Å². The van der Waals surface area contributed by atoms with Crippen molar-refractivity contribution in [3.8, 4) is 5.75 Å². The first-order valence-electron chi connectivity index (χ1n) is 12.0. The zero-order valence-electron chi connectivity index (χ0n) is 20.7. The van der Waals surface area contributed by atoms with Crippen LogP contribution in [0.4, 0.5) is 11.8 Å². The molecule has 0 aliphatic carbocycles. The third-order valence-electron chi connectivity index (χ3n) is 6.24. The topological polar surface area (TPSA) is 151 Å². The molecule has 1 aromatic carbocycles. The van der Waals surface area contributed by atoms with Gasteiger partial charge < -0.3 is 30.4 Å². The first kappa shape index (κ1) is 23.9. The van der Waals surface area contributed by atoms with Crippen molar-refractivity contribution in [3.05, 3.63) is 46.7 Å². The molecule has 12 heteroatoms. The van der Waals surface area contributed by atoms with Crippen LogP contribution in [-0.4, -0.2) is 56.3 Å². The fourth-order valence-electron chi connectivity index (χ4n) is 4.42. The van der Waals surface area contributed by atoms with Crippen molar-refractivity contribution in [2.24, 2.45) is 0 Å². The van der Waals surface area contributed by atoms with Gasteiger partial charge in [-0.05, 0) is 31.4 Å². The van der Waals surface area contributed by atoms with Crippen molar-refractivity contribution in [2.75, 3.05) is 31.4 Å². The predicted octanol–water partition coefficient (Wildman–Crippen LogP) is 2.35. The van der Waals surface area contributed by atoms with E-state index in [4.69, 9.17) is 24.8 Å². The molecule has 12 nitrogen and oxygen atoms in total. The van der Waals surface area contributed by atoms with Crippen molar-refractivity contribution in [1.29, 1.82) is 0 Å². The molecule has 0 bridgehead atoms. The third-order valence-corrected chi connectivity index (χ3v) is 6.24. The van der Waals surface area contributed by atoms with Crippen LogP contribution < -0.4 is 21.1 Å². The summed E-state index contributed by atoms with van der Waals surface area (Å²) in [6, 6.07) is 6.76. The number of aryl methyl sites for hydroxylation is 2. The van der Waals surface area contributed by atoms with Gasteiger partial charge in [-0.3, -0.25) is 4.68 Å². The molecule has 0 spiro atoms. The normalized spacial score (nSPS) is 14.4. The lowest BCUT2D eigenvalue weighted by Gasteiger charge is -2.23. The fraction of sp³-hybridized carbons (Fsp3) is 0.458. The molecule has 1 fully saturated rings. The second-order valence-electron chi connectivity index (χ2n) is 8.87. The van der Waals surface area contributed by atoms with E-state index >= 15 is 0 Å². The van der Waals surface area contributed by atoms with Gasteiger partial charge >= 0.3 is 0 Å². The Balaban J connectivity index is 1.39. The summed E-state index contributed by atoms with van der Waals surface area (Å²) in [4.78, 5) is 13.1. The number of aromatic nitrogens is 6. The van der Waals surface area contributed by atoms with E-state index in [1.807, 2.05) is 11.6 Å². The molecule has 1 aliphatic rings. The van der Waals surface area contributed by atoms with Crippen LogP contribution in [0.15, 0.2) is 22.7 Å². The van der Waals surface area contributed by atoms with Crippen molar-refractivity contribution < 1.29 is 14.0 Å². The Morgan fingerprint density at radius 1 is 1.14 bits per heavy atom. The first-order chi connectivity index (χ1) is 17.5. The molecule has 5 rings (SSSR count). The van der Waals surface area contributed by atoms with E-state index in [0.29, 0.717) is 42.2 Å². The molecule has 0 unspecified atom stereocenters. The largest absolute Gasteiger partial charge is 0.496 e. The van der Waals surface area contributed by atoms with Crippen molar-refractivity contribution in [1.82, 2.24) is 35.2 Å². The molecule has 190 valence electrons. The summed E-state index contributed by atoms with van der Waals surface area (Å²) in [6.45, 7) is 6.86. The Morgan fingerprint density at radius 3 is 2.72 bits per heavy atom. The number of benzene rings is 1. The minimum atomic E-state index is 0.163. The van der Waals surface area contributed by atoms with E-state index in [1.54, 1.807) is 14.0 Å². The SMILES string of the molecule is COc1cc(CNC2CCOCC2)ccc1Cn1nc(C)c2nc(N)nc(NCc3noc(C)n3)c21. The van der Waals surface area contributed by atoms with Gasteiger partial charge in [-0.1, -0.05) is 17.3 Å². The fourth-order valence-corrected chi connectivity index (χ4v) is 4.42. The number of nitrogens with two attached hydrogens (primary N) is 1. The number of rotatable bonds is 9. The van der Waals surface area contributed by atoms with Crippen LogP contribution in [0, 0.1) is 13.8 Å². The summed E-state index contributed by atoms with van der Waals surface area (Å²) in [5, 5.41) is 15.5. The molecule has 1 saturated heterocycles. The summed E-state index contributed by atoms with van der Waals surface area (Å²) in [7, 11) is 1.69. The van der Waals surface area contributed by atoms with Crippen LogP contribution in [0.5, 0.6) is 5.75 Å². The van der Waals surface area contributed by atoms with E-state index in [1.165, 1.54) is 0 Å². The van der Waals surface area contributed by atoms with Crippen LogP contribution in [0.1, 0.15) is 41.4 Å². The standard InChI is InChI=1S/C24H31N9O3/c1-14-21-22(23(30-24(25)29-21)27-12-20-28-15(2)36-32-20)33(31-14)13-17-5-4-16(10-19(17)34-3)11-26-18-6-8-35-9-7-18/h4-5,10,18,26H,6-9,11-13H2,1-3H3,(H3,25,27,29,30). The lowest BCUT2D eigenvalue weighted by Crippen LogP contribution is -2.34. The Labute approximate surface area is 208 Å². The van der Waals surface area contributed by atoms with E-state index in [0.717, 1.165) is 60.7 Å². The summed E-state index contributed by atoms with van der Waals surface area (Å²) < 4.78 is 18.1. The number of ether oxygens (including phenoxy) is 2. The molecular weight excluding hydrogens is 462 g/mol. The summed E-state index contributed by atoms with van der Waals surface area (Å²) >= 11 is 0. The summed E-state index contributed by atoms with van der Waals surface area (Å²) in [5.41, 5.74) is 10.3. The smallest absolute Gasteiger partial charge is 0.223 e.